The van der Waals surface area contributed by atoms with Gasteiger partial charge in [0.05, 0.1) is 6.04 Å². The molecule has 23 heavy (non-hydrogen) atoms. The van der Waals surface area contributed by atoms with Gasteiger partial charge in [0.2, 0.25) is 0 Å². The molecule has 0 aromatic heterocycles. The van der Waals surface area contributed by atoms with E-state index in [9.17, 15) is 5.11 Å². The Kier molecular flexibility index (Phi) is 4.06. The van der Waals surface area contributed by atoms with Crippen LogP contribution in [0.4, 0.5) is 0 Å². The van der Waals surface area contributed by atoms with Crippen LogP contribution in [0.15, 0.2) is 54.6 Å². The zero-order chi connectivity index (χ0) is 15.6. The number of aliphatic hydroxyl groups excluding tert-OH is 1. The monoisotopic (exact) mass is 309 g/mol. The van der Waals surface area contributed by atoms with E-state index in [-0.39, 0.29) is 12.1 Å². The Labute approximate surface area is 137 Å². The molecule has 0 aliphatic carbocycles. The van der Waals surface area contributed by atoms with Crippen molar-refractivity contribution in [3.63, 3.8) is 0 Å². The van der Waals surface area contributed by atoms with Gasteiger partial charge < -0.3 is 9.84 Å². The summed E-state index contributed by atoms with van der Waals surface area (Å²) in [7, 11) is 0. The van der Waals surface area contributed by atoms with Crippen molar-refractivity contribution in [3.05, 3.63) is 65.7 Å². The average molecular weight is 309 g/mol. The fraction of sp³-hybridized carbons (Fsp3) is 0.400. The molecule has 0 saturated carbocycles. The molecular formula is C20H23NO2. The van der Waals surface area contributed by atoms with Crippen LogP contribution >= 0.6 is 0 Å². The number of hydrogen-bond donors (Lipinski definition) is 1. The van der Waals surface area contributed by atoms with Gasteiger partial charge in [-0.05, 0) is 37.6 Å². The van der Waals surface area contributed by atoms with Crippen molar-refractivity contribution in [2.75, 3.05) is 13.1 Å². The largest absolute Gasteiger partial charge is 0.483 e. The van der Waals surface area contributed by atoms with E-state index in [0.29, 0.717) is 0 Å². The number of piperidine rings is 1. The van der Waals surface area contributed by atoms with Gasteiger partial charge in [-0.25, -0.2) is 0 Å². The molecule has 2 aromatic carbocycles. The third-order valence-corrected chi connectivity index (χ3v) is 5.04. The number of likely N-dealkylation sites (tertiary alicyclic amines) is 1. The van der Waals surface area contributed by atoms with E-state index in [1.165, 1.54) is 19.3 Å². The minimum Gasteiger partial charge on any atom is -0.483 e. The lowest BCUT2D eigenvalue weighted by Gasteiger charge is -2.44. The second kappa shape index (κ2) is 6.34. The van der Waals surface area contributed by atoms with Crippen LogP contribution < -0.4 is 4.74 Å². The lowest BCUT2D eigenvalue weighted by Crippen LogP contribution is -2.45. The molecule has 0 amide bonds. The van der Waals surface area contributed by atoms with E-state index in [1.54, 1.807) is 0 Å². The first-order valence-electron chi connectivity index (χ1n) is 8.57. The molecule has 0 bridgehead atoms. The van der Waals surface area contributed by atoms with Crippen molar-refractivity contribution in [1.82, 2.24) is 4.90 Å². The second-order valence-corrected chi connectivity index (χ2v) is 6.52. The number of hydrogen-bond acceptors (Lipinski definition) is 3. The first-order chi connectivity index (χ1) is 11.3. The molecule has 0 spiro atoms. The minimum absolute atomic E-state index is 0.0189. The molecule has 3 nitrogen and oxygen atoms in total. The van der Waals surface area contributed by atoms with Gasteiger partial charge in [0.25, 0.3) is 0 Å². The normalized spacial score (nSPS) is 28.0. The second-order valence-electron chi connectivity index (χ2n) is 6.52. The molecule has 2 heterocycles. The van der Waals surface area contributed by atoms with Crippen LogP contribution in [-0.2, 0) is 0 Å². The summed E-state index contributed by atoms with van der Waals surface area (Å²) in [5.41, 5.74) is 2.16. The molecule has 1 N–H and O–H groups in total. The molecule has 120 valence electrons. The Morgan fingerprint density at radius 1 is 0.870 bits per heavy atom. The van der Waals surface area contributed by atoms with Crippen LogP contribution in [0.5, 0.6) is 5.75 Å². The van der Waals surface area contributed by atoms with Crippen LogP contribution in [0.25, 0.3) is 0 Å². The molecule has 2 aliphatic heterocycles. The minimum atomic E-state index is -0.551. The molecule has 1 fully saturated rings. The standard InChI is InChI=1S/C20H23NO2/c22-19-18(21-13-7-2-8-14-21)16-11-5-6-12-17(16)23-20(19)15-9-3-1-4-10-15/h1,3-6,9-12,18-20,22H,2,7-8,13-14H2. The summed E-state index contributed by atoms with van der Waals surface area (Å²) in [5, 5.41) is 11.1. The highest BCUT2D eigenvalue weighted by molar-refractivity contribution is 5.40. The summed E-state index contributed by atoms with van der Waals surface area (Å²) in [6.45, 7) is 2.11. The third kappa shape index (κ3) is 2.75. The fourth-order valence-corrected chi connectivity index (χ4v) is 3.91. The molecular weight excluding hydrogens is 286 g/mol. The molecule has 3 atom stereocenters. The van der Waals surface area contributed by atoms with Crippen LogP contribution in [0.2, 0.25) is 0 Å². The van der Waals surface area contributed by atoms with Gasteiger partial charge in [0.1, 0.15) is 11.9 Å². The number of nitrogens with zero attached hydrogens (tertiary/aromatic N) is 1. The van der Waals surface area contributed by atoms with Gasteiger partial charge in [-0.15, -0.1) is 0 Å². The first kappa shape index (κ1) is 14.7. The summed E-state index contributed by atoms with van der Waals surface area (Å²) < 4.78 is 6.17. The summed E-state index contributed by atoms with van der Waals surface area (Å²) in [4.78, 5) is 2.44. The molecule has 4 rings (SSSR count). The van der Waals surface area contributed by atoms with Crippen molar-refractivity contribution in [1.29, 1.82) is 0 Å². The van der Waals surface area contributed by atoms with Gasteiger partial charge >= 0.3 is 0 Å². The number of aliphatic hydroxyl groups is 1. The van der Waals surface area contributed by atoms with Crippen molar-refractivity contribution < 1.29 is 9.84 Å². The van der Waals surface area contributed by atoms with Crippen molar-refractivity contribution in [3.8, 4) is 5.75 Å². The maximum Gasteiger partial charge on any atom is 0.151 e. The van der Waals surface area contributed by atoms with Crippen LogP contribution in [0.3, 0.4) is 0 Å². The van der Waals surface area contributed by atoms with Crippen molar-refractivity contribution in [2.45, 2.75) is 37.5 Å². The van der Waals surface area contributed by atoms with E-state index in [1.807, 2.05) is 48.5 Å². The van der Waals surface area contributed by atoms with Gasteiger partial charge in [0, 0.05) is 5.56 Å². The van der Waals surface area contributed by atoms with E-state index in [4.69, 9.17) is 4.74 Å². The molecule has 2 aliphatic rings. The summed E-state index contributed by atoms with van der Waals surface area (Å²) >= 11 is 0. The van der Waals surface area contributed by atoms with Crippen molar-refractivity contribution >= 4 is 0 Å². The maximum atomic E-state index is 11.1. The lowest BCUT2D eigenvalue weighted by molar-refractivity contribution is -0.0524. The highest BCUT2D eigenvalue weighted by Gasteiger charge is 2.41. The van der Waals surface area contributed by atoms with Crippen LogP contribution in [0, 0.1) is 0 Å². The van der Waals surface area contributed by atoms with Gasteiger partial charge in [-0.1, -0.05) is 55.0 Å². The number of rotatable bonds is 2. The molecule has 1 saturated heterocycles. The highest BCUT2D eigenvalue weighted by Crippen LogP contribution is 2.44. The molecule has 2 aromatic rings. The Morgan fingerprint density at radius 2 is 1.57 bits per heavy atom. The summed E-state index contributed by atoms with van der Waals surface area (Å²) in [6.07, 6.45) is 2.85. The van der Waals surface area contributed by atoms with Crippen molar-refractivity contribution in [2.24, 2.45) is 0 Å². The molecule has 3 heteroatoms. The predicted molar refractivity (Wildman–Crippen MR) is 90.4 cm³/mol. The van der Waals surface area contributed by atoms with Gasteiger partial charge in [0.15, 0.2) is 6.10 Å². The van der Waals surface area contributed by atoms with E-state index in [0.717, 1.165) is 30.0 Å². The Balaban J connectivity index is 1.73. The third-order valence-electron chi connectivity index (χ3n) is 5.04. The quantitative estimate of drug-likeness (QED) is 0.918. The average Bonchev–Trinajstić information content (AvgIpc) is 2.63. The Morgan fingerprint density at radius 3 is 2.35 bits per heavy atom. The number of benzene rings is 2. The smallest absolute Gasteiger partial charge is 0.151 e. The number of fused-ring (bicyclic) bond motifs is 1. The van der Waals surface area contributed by atoms with Gasteiger partial charge in [-0.3, -0.25) is 4.90 Å². The first-order valence-corrected chi connectivity index (χ1v) is 8.57. The van der Waals surface area contributed by atoms with E-state index >= 15 is 0 Å². The Bertz CT molecular complexity index is 652. The number of para-hydroxylation sites is 1. The zero-order valence-corrected chi connectivity index (χ0v) is 13.3. The fourth-order valence-electron chi connectivity index (χ4n) is 3.91. The molecule has 0 radical (unpaired) electrons. The highest BCUT2D eigenvalue weighted by atomic mass is 16.5. The van der Waals surface area contributed by atoms with Crippen LogP contribution in [-0.4, -0.2) is 29.2 Å². The zero-order valence-electron chi connectivity index (χ0n) is 13.3. The van der Waals surface area contributed by atoms with E-state index in [2.05, 4.69) is 11.0 Å². The SMILES string of the molecule is OC1C(c2ccccc2)Oc2ccccc2C1N1CCCCC1. The van der Waals surface area contributed by atoms with Crippen LogP contribution in [0.1, 0.15) is 42.5 Å². The number of ether oxygens (including phenoxy) is 1. The van der Waals surface area contributed by atoms with E-state index < -0.39 is 6.10 Å². The lowest BCUT2D eigenvalue weighted by atomic mass is 9.88. The Hall–Kier alpha value is -1.84. The predicted octanol–water partition coefficient (Wildman–Crippen LogP) is 3.71. The summed E-state index contributed by atoms with van der Waals surface area (Å²) in [5.74, 6) is 0.905. The van der Waals surface area contributed by atoms with Gasteiger partial charge in [-0.2, -0.15) is 0 Å². The maximum absolute atomic E-state index is 11.1. The topological polar surface area (TPSA) is 32.7 Å². The molecule has 3 unspecified atom stereocenters. The summed E-state index contributed by atoms with van der Waals surface area (Å²) in [6, 6.07) is 18.3.